The lowest BCUT2D eigenvalue weighted by Gasteiger charge is -2.19. The Balaban J connectivity index is 1.29. The van der Waals surface area contributed by atoms with Gasteiger partial charge in [-0.3, -0.25) is 0 Å². The summed E-state index contributed by atoms with van der Waals surface area (Å²) in [4.78, 5) is 15.1. The molecule has 2 heterocycles. The van der Waals surface area contributed by atoms with E-state index in [1.807, 2.05) is 66.7 Å². The van der Waals surface area contributed by atoms with Crippen molar-refractivity contribution < 1.29 is 4.74 Å². The highest BCUT2D eigenvalue weighted by Crippen LogP contribution is 2.50. The molecule has 0 fully saturated rings. The van der Waals surface area contributed by atoms with Gasteiger partial charge >= 0.3 is 0 Å². The molecule has 8 aromatic carbocycles. The summed E-state index contributed by atoms with van der Waals surface area (Å²) in [5, 5.41) is 2.14. The number of hydrogen-bond acceptors (Lipinski definition) is 4. The molecular formula is C49H31N3O. The molecule has 53 heavy (non-hydrogen) atoms. The van der Waals surface area contributed by atoms with Gasteiger partial charge in [-0.25, -0.2) is 15.0 Å². The van der Waals surface area contributed by atoms with Crippen molar-refractivity contribution in [3.8, 4) is 90.2 Å². The normalized spacial score (nSPS) is 11.5. The smallest absolute Gasteiger partial charge is 0.164 e. The van der Waals surface area contributed by atoms with Gasteiger partial charge in [-0.15, -0.1) is 0 Å². The molecule has 1 aliphatic heterocycles. The third-order valence-corrected chi connectivity index (χ3v) is 9.97. The van der Waals surface area contributed by atoms with Crippen LogP contribution in [0, 0.1) is 0 Å². The van der Waals surface area contributed by atoms with Crippen LogP contribution in [-0.2, 0) is 0 Å². The van der Waals surface area contributed by atoms with E-state index in [0.717, 1.165) is 83.5 Å². The first kappa shape index (κ1) is 30.6. The van der Waals surface area contributed by atoms with Gasteiger partial charge in [-0.1, -0.05) is 170 Å². The van der Waals surface area contributed by atoms with Gasteiger partial charge in [0.2, 0.25) is 0 Å². The van der Waals surface area contributed by atoms with Crippen LogP contribution in [0.25, 0.3) is 89.4 Å². The average molecular weight is 678 g/mol. The molecule has 0 amide bonds. The fourth-order valence-electron chi connectivity index (χ4n) is 7.44. The van der Waals surface area contributed by atoms with E-state index in [0.29, 0.717) is 17.5 Å². The number of para-hydroxylation sites is 1. The Morgan fingerprint density at radius 3 is 1.38 bits per heavy atom. The first-order chi connectivity index (χ1) is 26.3. The third-order valence-electron chi connectivity index (χ3n) is 9.97. The van der Waals surface area contributed by atoms with Crippen LogP contribution in [0.4, 0.5) is 0 Å². The van der Waals surface area contributed by atoms with Crippen LogP contribution in [-0.4, -0.2) is 15.0 Å². The zero-order valence-corrected chi connectivity index (χ0v) is 28.6. The highest BCUT2D eigenvalue weighted by Gasteiger charge is 2.24. The second-order valence-electron chi connectivity index (χ2n) is 13.2. The highest BCUT2D eigenvalue weighted by atomic mass is 16.5. The first-order valence-electron chi connectivity index (χ1n) is 17.8. The minimum Gasteiger partial charge on any atom is -0.455 e. The molecule has 4 nitrogen and oxygen atoms in total. The van der Waals surface area contributed by atoms with Crippen LogP contribution < -0.4 is 4.74 Å². The van der Waals surface area contributed by atoms with Gasteiger partial charge in [0.05, 0.1) is 0 Å². The van der Waals surface area contributed by atoms with E-state index in [4.69, 9.17) is 19.7 Å². The van der Waals surface area contributed by atoms with Crippen molar-refractivity contribution >= 4 is 10.8 Å². The molecule has 4 heteroatoms. The van der Waals surface area contributed by atoms with Crippen LogP contribution in [0.5, 0.6) is 11.5 Å². The van der Waals surface area contributed by atoms with Gasteiger partial charge in [0.25, 0.3) is 0 Å². The summed E-state index contributed by atoms with van der Waals surface area (Å²) >= 11 is 0. The molecule has 0 bridgehead atoms. The molecule has 0 saturated carbocycles. The Kier molecular flexibility index (Phi) is 7.43. The van der Waals surface area contributed by atoms with E-state index in [1.54, 1.807) is 0 Å². The van der Waals surface area contributed by atoms with Crippen LogP contribution in [0.1, 0.15) is 0 Å². The lowest BCUT2D eigenvalue weighted by atomic mass is 9.85. The van der Waals surface area contributed by atoms with Gasteiger partial charge in [-0.05, 0) is 57.0 Å². The first-order valence-corrected chi connectivity index (χ1v) is 17.8. The molecule has 9 aromatic rings. The SMILES string of the molecule is c1ccc(-c2nc(-c3ccccc3)nc(-c3ccc4c(c3)-c3ccc5ccccc5c3Oc3ccccc3-c3ccccc3-c3ccccc3-4)n2)cc1. The number of fused-ring (bicyclic) bond motifs is 11. The summed E-state index contributed by atoms with van der Waals surface area (Å²) in [6.07, 6.45) is 0. The zero-order chi connectivity index (χ0) is 35.1. The second kappa shape index (κ2) is 12.9. The Morgan fingerprint density at radius 2 is 0.755 bits per heavy atom. The maximum atomic E-state index is 7.16. The van der Waals surface area contributed by atoms with Crippen molar-refractivity contribution in [3.05, 3.63) is 188 Å². The predicted octanol–water partition coefficient (Wildman–Crippen LogP) is 12.8. The Morgan fingerprint density at radius 1 is 0.302 bits per heavy atom. The number of ether oxygens (including phenoxy) is 1. The van der Waals surface area contributed by atoms with Gasteiger partial charge in [0.15, 0.2) is 17.5 Å². The Hall–Kier alpha value is -7.17. The van der Waals surface area contributed by atoms with Crippen molar-refractivity contribution in [2.45, 2.75) is 0 Å². The molecule has 0 N–H and O–H groups in total. The van der Waals surface area contributed by atoms with E-state index in [2.05, 4.69) is 121 Å². The zero-order valence-electron chi connectivity index (χ0n) is 28.6. The van der Waals surface area contributed by atoms with Crippen LogP contribution in [0.3, 0.4) is 0 Å². The lowest BCUT2D eigenvalue weighted by Crippen LogP contribution is -2.01. The van der Waals surface area contributed by atoms with Gasteiger partial charge in [0, 0.05) is 33.2 Å². The predicted molar refractivity (Wildman–Crippen MR) is 215 cm³/mol. The maximum Gasteiger partial charge on any atom is 0.164 e. The van der Waals surface area contributed by atoms with E-state index in [9.17, 15) is 0 Å². The Labute approximate surface area is 307 Å². The van der Waals surface area contributed by atoms with Crippen molar-refractivity contribution in [2.24, 2.45) is 0 Å². The van der Waals surface area contributed by atoms with E-state index in [1.165, 1.54) is 0 Å². The molecule has 0 radical (unpaired) electrons. The van der Waals surface area contributed by atoms with Gasteiger partial charge in [-0.2, -0.15) is 0 Å². The van der Waals surface area contributed by atoms with Crippen LogP contribution in [0.2, 0.25) is 0 Å². The topological polar surface area (TPSA) is 47.9 Å². The molecule has 1 aliphatic rings. The number of nitrogens with zero attached hydrogens (tertiary/aromatic N) is 3. The standard InChI is InChI=1S/C49H31N3O/c1-3-16-33(17-4-1)47-50-48(34-18-5-2-6-19-34)52-49(51-47)35-28-29-41-39-23-10-9-21-37(39)38-22-11-12-24-40(38)42-25-13-14-26-45(42)53-46-36-20-8-7-15-32(36)27-30-43(46)44(41)31-35/h1-31H. The molecule has 1 aromatic heterocycles. The number of benzene rings is 8. The molecule has 10 rings (SSSR count). The number of rotatable bonds is 3. The molecule has 0 unspecified atom stereocenters. The van der Waals surface area contributed by atoms with E-state index < -0.39 is 0 Å². The summed E-state index contributed by atoms with van der Waals surface area (Å²) in [5.74, 6) is 3.45. The molecule has 0 atom stereocenters. The summed E-state index contributed by atoms with van der Waals surface area (Å²) in [6.45, 7) is 0. The monoisotopic (exact) mass is 677 g/mol. The molecular weight excluding hydrogens is 647 g/mol. The van der Waals surface area contributed by atoms with Crippen molar-refractivity contribution in [3.63, 3.8) is 0 Å². The van der Waals surface area contributed by atoms with Crippen molar-refractivity contribution in [2.75, 3.05) is 0 Å². The summed E-state index contributed by atoms with van der Waals surface area (Å²) in [5.41, 5.74) is 11.4. The third kappa shape index (κ3) is 5.45. The van der Waals surface area contributed by atoms with Crippen molar-refractivity contribution in [1.82, 2.24) is 15.0 Å². The highest BCUT2D eigenvalue weighted by molar-refractivity contribution is 6.02. The lowest BCUT2D eigenvalue weighted by molar-refractivity contribution is 0.492. The molecule has 0 aliphatic carbocycles. The Bertz CT molecular complexity index is 2750. The van der Waals surface area contributed by atoms with Crippen molar-refractivity contribution in [1.29, 1.82) is 0 Å². The van der Waals surface area contributed by atoms with E-state index in [-0.39, 0.29) is 0 Å². The van der Waals surface area contributed by atoms with Crippen LogP contribution in [0.15, 0.2) is 188 Å². The number of aromatic nitrogens is 3. The minimum atomic E-state index is 0.599. The summed E-state index contributed by atoms with van der Waals surface area (Å²) in [6, 6.07) is 65.2. The fourth-order valence-corrected chi connectivity index (χ4v) is 7.44. The fraction of sp³-hybridized carbons (Fsp3) is 0. The summed E-state index contributed by atoms with van der Waals surface area (Å²) < 4.78 is 7.16. The minimum absolute atomic E-state index is 0.599. The van der Waals surface area contributed by atoms with Crippen LogP contribution >= 0.6 is 0 Å². The second-order valence-corrected chi connectivity index (χ2v) is 13.2. The summed E-state index contributed by atoms with van der Waals surface area (Å²) in [7, 11) is 0. The number of hydrogen-bond donors (Lipinski definition) is 0. The molecule has 248 valence electrons. The van der Waals surface area contributed by atoms with E-state index >= 15 is 0 Å². The van der Waals surface area contributed by atoms with Gasteiger partial charge in [0.1, 0.15) is 11.5 Å². The molecule has 0 saturated heterocycles. The average Bonchev–Trinajstić information content (AvgIpc) is 3.25. The molecule has 0 spiro atoms. The quantitative estimate of drug-likeness (QED) is 0.187. The maximum absolute atomic E-state index is 7.16. The largest absolute Gasteiger partial charge is 0.455 e. The van der Waals surface area contributed by atoms with Gasteiger partial charge < -0.3 is 4.74 Å².